The van der Waals surface area contributed by atoms with E-state index in [0.29, 0.717) is 6.42 Å². The third-order valence-corrected chi connectivity index (χ3v) is 4.91. The molecule has 0 saturated carbocycles. The number of hydrogen-bond acceptors (Lipinski definition) is 4. The molecule has 0 fully saturated rings. The molecule has 0 aliphatic carbocycles. The van der Waals surface area contributed by atoms with E-state index in [4.69, 9.17) is 5.11 Å². The Morgan fingerprint density at radius 1 is 1.26 bits per heavy atom. The predicted molar refractivity (Wildman–Crippen MR) is 85.3 cm³/mol. The van der Waals surface area contributed by atoms with Gasteiger partial charge in [0.1, 0.15) is 6.54 Å². The van der Waals surface area contributed by atoms with Gasteiger partial charge >= 0.3 is 5.97 Å². The van der Waals surface area contributed by atoms with Crippen molar-refractivity contribution in [2.45, 2.75) is 37.6 Å². The maximum absolute atomic E-state index is 12.1. The van der Waals surface area contributed by atoms with Crippen LogP contribution in [-0.4, -0.2) is 49.4 Å². The number of sulfonamides is 1. The third kappa shape index (κ3) is 5.99. The predicted octanol–water partition coefficient (Wildman–Crippen LogP) is 1.07. The molecular formula is C15H22N2O5S. The standard InChI is InChI=1S/C15H22N2O5S/c1-3-12(2)17(11-15(19)20)14(18)9-10-16-23(21,22)13-7-5-4-6-8-13/h4-8,12,16H,3,9-11H2,1-2H3,(H,19,20). The van der Waals surface area contributed by atoms with Crippen LogP contribution in [0.15, 0.2) is 35.2 Å². The molecule has 0 heterocycles. The van der Waals surface area contributed by atoms with Gasteiger partial charge in [-0.05, 0) is 25.5 Å². The van der Waals surface area contributed by atoms with Crippen LogP contribution in [0.5, 0.6) is 0 Å². The molecular weight excluding hydrogens is 320 g/mol. The molecule has 7 nitrogen and oxygen atoms in total. The van der Waals surface area contributed by atoms with Crippen LogP contribution >= 0.6 is 0 Å². The SMILES string of the molecule is CCC(C)N(CC(=O)O)C(=O)CCNS(=O)(=O)c1ccccc1. The number of nitrogens with zero attached hydrogens (tertiary/aromatic N) is 1. The summed E-state index contributed by atoms with van der Waals surface area (Å²) in [5.41, 5.74) is 0. The Hall–Kier alpha value is -1.93. The van der Waals surface area contributed by atoms with Gasteiger partial charge in [0, 0.05) is 19.0 Å². The Morgan fingerprint density at radius 3 is 2.39 bits per heavy atom. The molecule has 1 aromatic carbocycles. The van der Waals surface area contributed by atoms with E-state index in [1.807, 2.05) is 6.92 Å². The summed E-state index contributed by atoms with van der Waals surface area (Å²) >= 11 is 0. The van der Waals surface area contributed by atoms with E-state index >= 15 is 0 Å². The molecule has 0 bridgehead atoms. The minimum absolute atomic E-state index is 0.0807. The van der Waals surface area contributed by atoms with Crippen LogP contribution in [0.2, 0.25) is 0 Å². The van der Waals surface area contributed by atoms with E-state index in [1.54, 1.807) is 25.1 Å². The number of carboxylic acid groups (broad SMARTS) is 1. The van der Waals surface area contributed by atoms with Crippen LogP contribution in [0.3, 0.4) is 0 Å². The summed E-state index contributed by atoms with van der Waals surface area (Å²) in [6.07, 6.45) is 0.526. The van der Waals surface area contributed by atoms with Gasteiger partial charge < -0.3 is 10.0 Å². The highest BCUT2D eigenvalue weighted by Crippen LogP contribution is 2.08. The second kappa shape index (κ2) is 8.64. The van der Waals surface area contributed by atoms with Gasteiger partial charge in [-0.25, -0.2) is 13.1 Å². The van der Waals surface area contributed by atoms with Gasteiger partial charge in [0.05, 0.1) is 4.90 Å². The monoisotopic (exact) mass is 342 g/mol. The number of rotatable bonds is 9. The average molecular weight is 342 g/mol. The Balaban J connectivity index is 2.62. The molecule has 0 aromatic heterocycles. The van der Waals surface area contributed by atoms with Gasteiger partial charge in [-0.1, -0.05) is 25.1 Å². The normalized spacial score (nSPS) is 12.6. The van der Waals surface area contributed by atoms with E-state index in [2.05, 4.69) is 4.72 Å². The second-order valence-electron chi connectivity index (χ2n) is 5.13. The molecule has 0 radical (unpaired) electrons. The molecule has 1 rings (SSSR count). The molecule has 1 unspecified atom stereocenters. The largest absolute Gasteiger partial charge is 0.480 e. The number of carbonyl (C=O) groups is 2. The molecule has 23 heavy (non-hydrogen) atoms. The van der Waals surface area contributed by atoms with Gasteiger partial charge in [-0.2, -0.15) is 0 Å². The third-order valence-electron chi connectivity index (χ3n) is 3.43. The highest BCUT2D eigenvalue weighted by molar-refractivity contribution is 7.89. The van der Waals surface area contributed by atoms with Crippen molar-refractivity contribution in [3.8, 4) is 0 Å². The fraction of sp³-hybridized carbons (Fsp3) is 0.467. The highest BCUT2D eigenvalue weighted by atomic mass is 32.2. The van der Waals surface area contributed by atoms with Crippen LogP contribution in [0.4, 0.5) is 0 Å². The van der Waals surface area contributed by atoms with Crippen LogP contribution in [0, 0.1) is 0 Å². The molecule has 0 aliphatic heterocycles. The van der Waals surface area contributed by atoms with Gasteiger partial charge in [0.15, 0.2) is 0 Å². The van der Waals surface area contributed by atoms with Crippen molar-refractivity contribution in [1.82, 2.24) is 9.62 Å². The van der Waals surface area contributed by atoms with Gasteiger partial charge in [0.25, 0.3) is 0 Å². The molecule has 0 aliphatic rings. The first-order chi connectivity index (χ1) is 10.8. The highest BCUT2D eigenvalue weighted by Gasteiger charge is 2.22. The molecule has 1 amide bonds. The van der Waals surface area contributed by atoms with Crippen LogP contribution in [0.25, 0.3) is 0 Å². The molecule has 128 valence electrons. The van der Waals surface area contributed by atoms with Crippen molar-refractivity contribution >= 4 is 21.9 Å². The van der Waals surface area contributed by atoms with Gasteiger partial charge in [-0.15, -0.1) is 0 Å². The lowest BCUT2D eigenvalue weighted by atomic mass is 10.2. The van der Waals surface area contributed by atoms with Gasteiger partial charge in [-0.3, -0.25) is 9.59 Å². The molecule has 0 spiro atoms. The molecule has 0 saturated heterocycles. The number of hydrogen-bond donors (Lipinski definition) is 2. The van der Waals surface area contributed by atoms with E-state index in [9.17, 15) is 18.0 Å². The second-order valence-corrected chi connectivity index (χ2v) is 6.90. The van der Waals surface area contributed by atoms with Crippen molar-refractivity contribution in [3.63, 3.8) is 0 Å². The van der Waals surface area contributed by atoms with Crippen LogP contribution in [0.1, 0.15) is 26.7 Å². The molecule has 2 N–H and O–H groups in total. The van der Waals surface area contributed by atoms with Crippen molar-refractivity contribution in [2.75, 3.05) is 13.1 Å². The summed E-state index contributed by atoms with van der Waals surface area (Å²) in [5.74, 6) is -1.49. The smallest absolute Gasteiger partial charge is 0.323 e. The Bertz CT molecular complexity index is 631. The summed E-state index contributed by atoms with van der Waals surface area (Å²) in [6.45, 7) is 3.14. The number of benzene rings is 1. The number of aliphatic carboxylic acids is 1. The van der Waals surface area contributed by atoms with Crippen molar-refractivity contribution in [1.29, 1.82) is 0 Å². The fourth-order valence-electron chi connectivity index (χ4n) is 1.97. The molecule has 8 heteroatoms. The first kappa shape index (κ1) is 19.1. The maximum atomic E-state index is 12.1. The van der Waals surface area contributed by atoms with Crippen molar-refractivity contribution < 1.29 is 23.1 Å². The lowest BCUT2D eigenvalue weighted by Crippen LogP contribution is -2.43. The summed E-state index contributed by atoms with van der Waals surface area (Å²) in [7, 11) is -3.67. The van der Waals surface area contributed by atoms with E-state index < -0.39 is 21.9 Å². The first-order valence-electron chi connectivity index (χ1n) is 7.34. The summed E-state index contributed by atoms with van der Waals surface area (Å²) in [4.78, 5) is 24.3. The van der Waals surface area contributed by atoms with Gasteiger partial charge in [0.2, 0.25) is 15.9 Å². The Kier molecular flexibility index (Phi) is 7.18. The fourth-order valence-corrected chi connectivity index (χ4v) is 3.03. The first-order valence-corrected chi connectivity index (χ1v) is 8.82. The zero-order valence-corrected chi connectivity index (χ0v) is 14.0. The average Bonchev–Trinajstić information content (AvgIpc) is 2.52. The maximum Gasteiger partial charge on any atom is 0.323 e. The number of carbonyl (C=O) groups excluding carboxylic acids is 1. The zero-order valence-electron chi connectivity index (χ0n) is 13.2. The topological polar surface area (TPSA) is 104 Å². The lowest BCUT2D eigenvalue weighted by molar-refractivity contribution is -0.146. The van der Waals surface area contributed by atoms with E-state index in [1.165, 1.54) is 17.0 Å². The lowest BCUT2D eigenvalue weighted by Gasteiger charge is -2.27. The summed E-state index contributed by atoms with van der Waals surface area (Å²) in [5, 5.41) is 8.88. The van der Waals surface area contributed by atoms with E-state index in [0.717, 1.165) is 0 Å². The number of carboxylic acids is 1. The zero-order chi connectivity index (χ0) is 17.5. The number of nitrogens with one attached hydrogen (secondary N) is 1. The molecule has 1 aromatic rings. The van der Waals surface area contributed by atoms with Crippen molar-refractivity contribution in [3.05, 3.63) is 30.3 Å². The Labute approximate surface area is 136 Å². The van der Waals surface area contributed by atoms with Crippen LogP contribution in [-0.2, 0) is 19.6 Å². The quantitative estimate of drug-likeness (QED) is 0.698. The van der Waals surface area contributed by atoms with Crippen molar-refractivity contribution in [2.24, 2.45) is 0 Å². The summed E-state index contributed by atoms with van der Waals surface area (Å²) in [6, 6.07) is 7.62. The van der Waals surface area contributed by atoms with E-state index in [-0.39, 0.29) is 30.4 Å². The summed E-state index contributed by atoms with van der Waals surface area (Å²) < 4.78 is 26.4. The number of amides is 1. The molecule has 1 atom stereocenters. The Morgan fingerprint density at radius 2 is 1.87 bits per heavy atom. The van der Waals surface area contributed by atoms with Crippen LogP contribution < -0.4 is 4.72 Å². The minimum Gasteiger partial charge on any atom is -0.480 e. The minimum atomic E-state index is -3.67.